The Labute approximate surface area is 223 Å². The maximum Gasteiger partial charge on any atom is 0.244 e. The molecule has 0 unspecified atom stereocenters. The van der Waals surface area contributed by atoms with Crippen molar-refractivity contribution in [1.29, 1.82) is 0 Å². The molecule has 8 heteroatoms. The second-order valence-corrected chi connectivity index (χ2v) is 10.5. The van der Waals surface area contributed by atoms with Gasteiger partial charge in [-0.05, 0) is 73.9 Å². The van der Waals surface area contributed by atoms with E-state index < -0.39 is 5.54 Å². The van der Waals surface area contributed by atoms with Gasteiger partial charge in [0.2, 0.25) is 5.91 Å². The van der Waals surface area contributed by atoms with E-state index in [1.165, 1.54) is 12.8 Å². The number of fused-ring (bicyclic) bond motifs is 1. The molecule has 0 atom stereocenters. The van der Waals surface area contributed by atoms with Crippen molar-refractivity contribution in [3.63, 3.8) is 0 Å². The molecule has 0 aliphatic heterocycles. The summed E-state index contributed by atoms with van der Waals surface area (Å²) in [4.78, 5) is 19.0. The van der Waals surface area contributed by atoms with Crippen LogP contribution in [0.25, 0.3) is 28.1 Å². The summed E-state index contributed by atoms with van der Waals surface area (Å²) in [5.74, 6) is 1.09. The Morgan fingerprint density at radius 2 is 1.38 bits per heavy atom. The topological polar surface area (TPSA) is 91.6 Å². The number of primary amides is 1. The van der Waals surface area contributed by atoms with E-state index in [0.717, 1.165) is 79.5 Å². The Morgan fingerprint density at radius 3 is 1.95 bits per heavy atom. The minimum atomic E-state index is -0.779. The van der Waals surface area contributed by atoms with Crippen molar-refractivity contribution in [2.45, 2.75) is 69.7 Å². The molecule has 194 valence electrons. The lowest BCUT2D eigenvalue weighted by Crippen LogP contribution is -2.58. The lowest BCUT2D eigenvalue weighted by molar-refractivity contribution is -0.135. The molecule has 0 spiro atoms. The van der Waals surface area contributed by atoms with Crippen molar-refractivity contribution in [2.24, 2.45) is 17.6 Å². The van der Waals surface area contributed by atoms with Gasteiger partial charge in [0.1, 0.15) is 24.0 Å². The van der Waals surface area contributed by atoms with Crippen molar-refractivity contribution < 1.29 is 4.79 Å². The highest BCUT2D eigenvalue weighted by Crippen LogP contribution is 2.50. The summed E-state index contributed by atoms with van der Waals surface area (Å²) in [6.45, 7) is 0. The van der Waals surface area contributed by atoms with Gasteiger partial charge in [0.05, 0.1) is 11.0 Å². The highest BCUT2D eigenvalue weighted by molar-refractivity contribution is 5.90. The molecule has 1 amide bonds. The summed E-state index contributed by atoms with van der Waals surface area (Å²) in [5.41, 5.74) is 9.65. The van der Waals surface area contributed by atoms with E-state index in [9.17, 15) is 4.79 Å². The molecule has 2 N–H and O–H groups in total. The Morgan fingerprint density at radius 1 is 0.811 bits per heavy atom. The summed E-state index contributed by atoms with van der Waals surface area (Å²) in [6, 6.07) is 16.5. The average Bonchev–Trinajstić information content (AvgIpc) is 3.60. The van der Waals surface area contributed by atoms with Gasteiger partial charge >= 0.3 is 0 Å². The van der Waals surface area contributed by atoms with Crippen LogP contribution < -0.4 is 5.73 Å². The van der Waals surface area contributed by atoms with Crippen LogP contribution in [0.2, 0.25) is 0 Å². The molecule has 6 rings (SSSR count). The van der Waals surface area contributed by atoms with Gasteiger partial charge in [-0.15, -0.1) is 22.6 Å². The van der Waals surface area contributed by atoms with Gasteiger partial charge in [0.25, 0.3) is 0 Å². The molecule has 7 nitrogen and oxygen atoms in total. The van der Waals surface area contributed by atoms with Gasteiger partial charge in [0.15, 0.2) is 0 Å². The van der Waals surface area contributed by atoms with Gasteiger partial charge in [-0.25, -0.2) is 4.98 Å². The van der Waals surface area contributed by atoms with Crippen LogP contribution >= 0.6 is 12.4 Å². The maximum absolute atomic E-state index is 13.9. The number of benzene rings is 2. The van der Waals surface area contributed by atoms with Gasteiger partial charge in [0, 0.05) is 11.3 Å². The number of carbonyl (C=O) groups is 1. The number of hydrogen-bond acceptors (Lipinski definition) is 4. The summed E-state index contributed by atoms with van der Waals surface area (Å²) in [7, 11) is 0. The SMILES string of the molecule is Cl.NC(=O)C(C1CCCCC1)(C1CCCCC1)n1c(-c2ccc(-n3cnnc3)cc2)nc2ccccc21. The molecule has 0 bridgehead atoms. The Bertz CT molecular complexity index is 1320. The number of halogens is 1. The van der Waals surface area contributed by atoms with Crippen LogP contribution in [0.3, 0.4) is 0 Å². The molecule has 2 aliphatic rings. The monoisotopic (exact) mass is 518 g/mol. The van der Waals surface area contributed by atoms with E-state index >= 15 is 0 Å². The highest BCUT2D eigenvalue weighted by atomic mass is 35.5. The lowest BCUT2D eigenvalue weighted by atomic mass is 9.63. The number of para-hydroxylation sites is 2. The first kappa shape index (κ1) is 25.5. The largest absolute Gasteiger partial charge is 0.368 e. The van der Waals surface area contributed by atoms with Crippen molar-refractivity contribution >= 4 is 29.3 Å². The molecule has 2 aromatic carbocycles. The van der Waals surface area contributed by atoms with E-state index in [1.807, 2.05) is 22.8 Å². The third-order valence-corrected chi connectivity index (χ3v) is 8.62. The zero-order chi connectivity index (χ0) is 24.5. The minimum absolute atomic E-state index is 0. The van der Waals surface area contributed by atoms with E-state index in [4.69, 9.17) is 10.7 Å². The predicted molar refractivity (Wildman–Crippen MR) is 148 cm³/mol. The normalized spacial score (nSPS) is 17.5. The average molecular weight is 519 g/mol. The van der Waals surface area contributed by atoms with Crippen molar-refractivity contribution in [3.8, 4) is 17.1 Å². The standard InChI is InChI=1S/C29H34N6O.ClH/c30-28(36)29(22-9-3-1-4-10-22,23-11-5-2-6-12-23)35-26-14-8-7-13-25(26)33-27(35)21-15-17-24(18-16-21)34-19-31-32-20-34;/h7-8,13-20,22-23H,1-6,9-12H2,(H2,30,36);1H. The van der Waals surface area contributed by atoms with Crippen LogP contribution in [0, 0.1) is 11.8 Å². The van der Waals surface area contributed by atoms with Crippen LogP contribution in [0.15, 0.2) is 61.2 Å². The molecule has 0 radical (unpaired) electrons. The smallest absolute Gasteiger partial charge is 0.244 e. The molecule has 0 saturated heterocycles. The molecule has 2 saturated carbocycles. The van der Waals surface area contributed by atoms with Crippen molar-refractivity contribution in [1.82, 2.24) is 24.3 Å². The van der Waals surface area contributed by atoms with Crippen molar-refractivity contribution in [2.75, 3.05) is 0 Å². The summed E-state index contributed by atoms with van der Waals surface area (Å²) in [5, 5.41) is 7.84. The number of hydrogen-bond donors (Lipinski definition) is 1. The first-order valence-corrected chi connectivity index (χ1v) is 13.4. The fourth-order valence-corrected chi connectivity index (χ4v) is 7.01. The Balaban J connectivity index is 0.00000280. The van der Waals surface area contributed by atoms with Crippen LogP contribution in [-0.2, 0) is 10.3 Å². The molecule has 2 aromatic heterocycles. The van der Waals surface area contributed by atoms with Crippen LogP contribution in [0.1, 0.15) is 64.2 Å². The number of amides is 1. The third-order valence-electron chi connectivity index (χ3n) is 8.62. The summed E-state index contributed by atoms with van der Waals surface area (Å²) >= 11 is 0. The molecule has 37 heavy (non-hydrogen) atoms. The van der Waals surface area contributed by atoms with E-state index in [-0.39, 0.29) is 30.2 Å². The number of rotatable bonds is 6. The van der Waals surface area contributed by atoms with E-state index in [0.29, 0.717) is 0 Å². The zero-order valence-electron chi connectivity index (χ0n) is 21.1. The van der Waals surface area contributed by atoms with E-state index in [2.05, 4.69) is 45.1 Å². The molecular weight excluding hydrogens is 484 g/mol. The first-order valence-electron chi connectivity index (χ1n) is 13.4. The molecular formula is C29H35ClN6O. The van der Waals surface area contributed by atoms with Gasteiger partial charge in [-0.3, -0.25) is 9.36 Å². The Hall–Kier alpha value is -3.19. The second-order valence-electron chi connectivity index (χ2n) is 10.5. The summed E-state index contributed by atoms with van der Waals surface area (Å²) in [6.07, 6.45) is 14.6. The molecule has 2 aliphatic carbocycles. The van der Waals surface area contributed by atoms with Gasteiger partial charge < -0.3 is 10.3 Å². The number of nitrogens with two attached hydrogens (primary N) is 1. The van der Waals surface area contributed by atoms with Gasteiger partial charge in [-0.2, -0.15) is 0 Å². The van der Waals surface area contributed by atoms with Crippen LogP contribution in [-0.4, -0.2) is 30.2 Å². The maximum atomic E-state index is 13.9. The molecule has 4 aromatic rings. The first-order chi connectivity index (χ1) is 17.7. The third kappa shape index (κ3) is 4.33. The molecule has 2 fully saturated rings. The lowest BCUT2D eigenvalue weighted by Gasteiger charge is -2.48. The molecule has 2 heterocycles. The number of aromatic nitrogens is 5. The Kier molecular flexibility index (Phi) is 7.33. The minimum Gasteiger partial charge on any atom is -0.368 e. The van der Waals surface area contributed by atoms with E-state index in [1.54, 1.807) is 12.7 Å². The quantitative estimate of drug-likeness (QED) is 0.336. The number of nitrogens with zero attached hydrogens (tertiary/aromatic N) is 5. The van der Waals surface area contributed by atoms with Gasteiger partial charge in [-0.1, -0.05) is 50.7 Å². The van der Waals surface area contributed by atoms with Crippen LogP contribution in [0.5, 0.6) is 0 Å². The van der Waals surface area contributed by atoms with Crippen molar-refractivity contribution in [3.05, 3.63) is 61.2 Å². The second kappa shape index (κ2) is 10.7. The summed E-state index contributed by atoms with van der Waals surface area (Å²) < 4.78 is 4.16. The predicted octanol–water partition coefficient (Wildman–Crippen LogP) is 6.05. The van der Waals surface area contributed by atoms with Crippen LogP contribution in [0.4, 0.5) is 0 Å². The number of carbonyl (C=O) groups excluding carboxylic acids is 1. The highest BCUT2D eigenvalue weighted by Gasteiger charge is 2.53. The zero-order valence-corrected chi connectivity index (χ0v) is 21.9. The fraction of sp³-hybridized carbons (Fsp3) is 0.448. The number of imidazole rings is 1. The fourth-order valence-electron chi connectivity index (χ4n) is 7.01.